The Bertz CT molecular complexity index is 449. The highest BCUT2D eigenvalue weighted by Crippen LogP contribution is 2.20. The average molecular weight is 303 g/mol. The van der Waals surface area contributed by atoms with E-state index in [0.717, 1.165) is 25.9 Å². The Morgan fingerprint density at radius 3 is 2.74 bits per heavy atom. The van der Waals surface area contributed by atoms with Crippen LogP contribution >= 0.6 is 23.2 Å². The van der Waals surface area contributed by atoms with Gasteiger partial charge in [-0.25, -0.2) is 0 Å². The molecule has 1 saturated heterocycles. The molecule has 1 N–H and O–H groups in total. The number of carbonyl (C=O) groups excluding carboxylic acids is 1. The largest absolute Gasteiger partial charge is 0.382 e. The second-order valence-electron chi connectivity index (χ2n) is 4.49. The van der Waals surface area contributed by atoms with E-state index in [9.17, 15) is 4.79 Å². The smallest absolute Gasteiger partial charge is 0.224 e. The molecule has 0 spiro atoms. The molecule has 19 heavy (non-hydrogen) atoms. The lowest BCUT2D eigenvalue weighted by Crippen LogP contribution is -2.36. The number of hydrogen-bond acceptors (Lipinski definition) is 4. The van der Waals surface area contributed by atoms with Crippen LogP contribution in [0, 0.1) is 0 Å². The maximum absolute atomic E-state index is 11.9. The van der Waals surface area contributed by atoms with Crippen molar-refractivity contribution >= 4 is 34.8 Å². The molecule has 0 atom stereocenters. The molecule has 2 heterocycles. The number of hydrogen-bond donors (Lipinski definition) is 1. The zero-order valence-electron chi connectivity index (χ0n) is 10.5. The molecule has 1 aliphatic heterocycles. The van der Waals surface area contributed by atoms with Crippen LogP contribution in [0.3, 0.4) is 0 Å². The van der Waals surface area contributed by atoms with E-state index < -0.39 is 0 Å². The van der Waals surface area contributed by atoms with Crippen molar-refractivity contribution in [2.24, 2.45) is 0 Å². The van der Waals surface area contributed by atoms with Crippen LogP contribution in [0.25, 0.3) is 0 Å². The third kappa shape index (κ3) is 4.21. The minimum absolute atomic E-state index is 0.177. The molecule has 0 radical (unpaired) electrons. The first-order valence-corrected chi connectivity index (χ1v) is 7.13. The van der Waals surface area contributed by atoms with E-state index in [0.29, 0.717) is 18.7 Å². The molecule has 5 nitrogen and oxygen atoms in total. The zero-order chi connectivity index (χ0) is 13.7. The van der Waals surface area contributed by atoms with Gasteiger partial charge in [0.15, 0.2) is 10.3 Å². The summed E-state index contributed by atoms with van der Waals surface area (Å²) < 4.78 is 0. The minimum Gasteiger partial charge on any atom is -0.382 e. The van der Waals surface area contributed by atoms with Gasteiger partial charge in [0.1, 0.15) is 0 Å². The number of piperidine rings is 1. The van der Waals surface area contributed by atoms with E-state index in [4.69, 9.17) is 23.2 Å². The fraction of sp³-hybridized carbons (Fsp3) is 0.583. The van der Waals surface area contributed by atoms with Crippen molar-refractivity contribution in [1.82, 2.24) is 15.1 Å². The minimum atomic E-state index is 0.177. The molecular weight excluding hydrogens is 287 g/mol. The predicted molar refractivity (Wildman–Crippen MR) is 75.6 cm³/mol. The van der Waals surface area contributed by atoms with Crippen molar-refractivity contribution in [2.45, 2.75) is 25.7 Å². The van der Waals surface area contributed by atoms with E-state index >= 15 is 0 Å². The molecule has 0 unspecified atom stereocenters. The van der Waals surface area contributed by atoms with Crippen LogP contribution < -0.4 is 5.32 Å². The lowest BCUT2D eigenvalue weighted by atomic mass is 10.1. The number of carbonyl (C=O) groups is 1. The molecule has 1 aromatic rings. The van der Waals surface area contributed by atoms with Crippen LogP contribution in [0.15, 0.2) is 6.07 Å². The number of nitrogens with one attached hydrogen (secondary N) is 1. The lowest BCUT2D eigenvalue weighted by molar-refractivity contribution is -0.131. The Labute approximate surface area is 122 Å². The van der Waals surface area contributed by atoms with E-state index in [1.54, 1.807) is 6.07 Å². The summed E-state index contributed by atoms with van der Waals surface area (Å²) in [6, 6.07) is 1.60. The van der Waals surface area contributed by atoms with Crippen molar-refractivity contribution in [1.29, 1.82) is 0 Å². The second kappa shape index (κ2) is 6.91. The van der Waals surface area contributed by atoms with Crippen molar-refractivity contribution in [2.75, 3.05) is 25.0 Å². The molecule has 1 fully saturated rings. The highest BCUT2D eigenvalue weighted by molar-refractivity contribution is 6.33. The molecular formula is C12H16Cl2N4O. The van der Waals surface area contributed by atoms with Gasteiger partial charge in [-0.05, 0) is 19.3 Å². The zero-order valence-corrected chi connectivity index (χ0v) is 12.0. The first kappa shape index (κ1) is 14.3. The fourth-order valence-electron chi connectivity index (χ4n) is 2.08. The molecule has 104 valence electrons. The maximum Gasteiger partial charge on any atom is 0.224 e. The molecule has 0 aromatic carbocycles. The van der Waals surface area contributed by atoms with Gasteiger partial charge in [0.25, 0.3) is 0 Å². The summed E-state index contributed by atoms with van der Waals surface area (Å²) >= 11 is 11.6. The fourth-order valence-corrected chi connectivity index (χ4v) is 2.39. The van der Waals surface area contributed by atoms with Crippen LogP contribution in [-0.4, -0.2) is 40.6 Å². The van der Waals surface area contributed by atoms with Gasteiger partial charge >= 0.3 is 0 Å². The van der Waals surface area contributed by atoms with Crippen LogP contribution in [-0.2, 0) is 4.79 Å². The normalized spacial score (nSPS) is 15.4. The van der Waals surface area contributed by atoms with Crippen molar-refractivity contribution in [3.63, 3.8) is 0 Å². The Hall–Kier alpha value is -1.07. The van der Waals surface area contributed by atoms with Gasteiger partial charge in [-0.2, -0.15) is 0 Å². The summed E-state index contributed by atoms with van der Waals surface area (Å²) in [5, 5.41) is 10.9. The summed E-state index contributed by atoms with van der Waals surface area (Å²) in [5.41, 5.74) is 0.605. The standard InChI is InChI=1S/C12H16Cl2N4O/c13-10-8-9(12(14)17-16-10)15-5-4-11(19)18-6-2-1-3-7-18/h8H,1-7H2,(H,15,16). The number of rotatable bonds is 4. The first-order chi connectivity index (χ1) is 9.16. The molecule has 0 saturated carbocycles. The average Bonchev–Trinajstić information content (AvgIpc) is 2.43. The van der Waals surface area contributed by atoms with Crippen LogP contribution in [0.4, 0.5) is 5.69 Å². The molecule has 1 aromatic heterocycles. The van der Waals surface area contributed by atoms with Crippen molar-refractivity contribution in [3.05, 3.63) is 16.4 Å². The van der Waals surface area contributed by atoms with Gasteiger partial charge < -0.3 is 10.2 Å². The monoisotopic (exact) mass is 302 g/mol. The lowest BCUT2D eigenvalue weighted by Gasteiger charge is -2.26. The number of amides is 1. The van der Waals surface area contributed by atoms with E-state index in [1.807, 2.05) is 4.90 Å². The van der Waals surface area contributed by atoms with Crippen molar-refractivity contribution < 1.29 is 4.79 Å². The van der Waals surface area contributed by atoms with Gasteiger partial charge in [-0.1, -0.05) is 23.2 Å². The SMILES string of the molecule is O=C(CCNc1cc(Cl)nnc1Cl)N1CCCCC1. The van der Waals surface area contributed by atoms with E-state index in [2.05, 4.69) is 15.5 Å². The summed E-state index contributed by atoms with van der Waals surface area (Å²) in [5.74, 6) is 0.177. The van der Waals surface area contributed by atoms with Gasteiger partial charge in [0.2, 0.25) is 5.91 Å². The number of nitrogens with zero attached hydrogens (tertiary/aromatic N) is 3. The van der Waals surface area contributed by atoms with Gasteiger partial charge in [-0.3, -0.25) is 4.79 Å². The molecule has 2 rings (SSSR count). The molecule has 1 amide bonds. The number of anilines is 1. The van der Waals surface area contributed by atoms with Gasteiger partial charge in [-0.15, -0.1) is 10.2 Å². The third-order valence-electron chi connectivity index (χ3n) is 3.08. The molecule has 0 aliphatic carbocycles. The van der Waals surface area contributed by atoms with Crippen molar-refractivity contribution in [3.8, 4) is 0 Å². The summed E-state index contributed by atoms with van der Waals surface area (Å²) in [4.78, 5) is 13.9. The molecule has 7 heteroatoms. The van der Waals surface area contributed by atoms with Gasteiger partial charge in [0, 0.05) is 32.1 Å². The Morgan fingerprint density at radius 2 is 2.00 bits per heavy atom. The third-order valence-corrected chi connectivity index (χ3v) is 3.55. The Morgan fingerprint density at radius 1 is 1.26 bits per heavy atom. The number of likely N-dealkylation sites (tertiary alicyclic amines) is 1. The van der Waals surface area contributed by atoms with Crippen LogP contribution in [0.1, 0.15) is 25.7 Å². The second-order valence-corrected chi connectivity index (χ2v) is 5.24. The quantitative estimate of drug-likeness (QED) is 0.929. The van der Waals surface area contributed by atoms with E-state index in [1.165, 1.54) is 6.42 Å². The highest BCUT2D eigenvalue weighted by atomic mass is 35.5. The number of aromatic nitrogens is 2. The summed E-state index contributed by atoms with van der Waals surface area (Å²) in [7, 11) is 0. The maximum atomic E-state index is 11.9. The topological polar surface area (TPSA) is 58.1 Å². The van der Waals surface area contributed by atoms with E-state index in [-0.39, 0.29) is 16.2 Å². The molecule has 1 aliphatic rings. The summed E-state index contributed by atoms with van der Waals surface area (Å²) in [6.45, 7) is 2.27. The van der Waals surface area contributed by atoms with Gasteiger partial charge in [0.05, 0.1) is 5.69 Å². The van der Waals surface area contributed by atoms with Crippen LogP contribution in [0.2, 0.25) is 10.3 Å². The first-order valence-electron chi connectivity index (χ1n) is 6.37. The number of halogens is 2. The van der Waals surface area contributed by atoms with Crippen LogP contribution in [0.5, 0.6) is 0 Å². The Balaban J connectivity index is 1.79. The highest BCUT2D eigenvalue weighted by Gasteiger charge is 2.15. The summed E-state index contributed by atoms with van der Waals surface area (Å²) in [6.07, 6.45) is 3.87. The molecule has 0 bridgehead atoms. The Kier molecular flexibility index (Phi) is 5.22. The predicted octanol–water partition coefficient (Wildman–Crippen LogP) is 2.60.